The van der Waals surface area contributed by atoms with Crippen LogP contribution in [0.25, 0.3) is 0 Å². The van der Waals surface area contributed by atoms with E-state index in [1.54, 1.807) is 18.0 Å². The van der Waals surface area contributed by atoms with Gasteiger partial charge in [0.1, 0.15) is 10.3 Å². The van der Waals surface area contributed by atoms with Gasteiger partial charge in [-0.2, -0.15) is 0 Å². The molecule has 70 valence electrons. The molecule has 4 heteroatoms. The Hall–Kier alpha value is -0.350. The van der Waals surface area contributed by atoms with E-state index >= 15 is 0 Å². The van der Waals surface area contributed by atoms with Gasteiger partial charge in [0.05, 0.1) is 17.2 Å². The third kappa shape index (κ3) is 2.11. The highest BCUT2D eigenvalue weighted by Crippen LogP contribution is 2.43. The van der Waals surface area contributed by atoms with Crippen LogP contribution >= 0.6 is 23.5 Å². The highest BCUT2D eigenvalue weighted by atomic mass is 32.2. The van der Waals surface area contributed by atoms with Crippen molar-refractivity contribution in [3.05, 3.63) is 23.7 Å². The summed E-state index contributed by atoms with van der Waals surface area (Å²) in [5, 5.41) is 1.15. The predicted molar refractivity (Wildman–Crippen MR) is 59.3 cm³/mol. The van der Waals surface area contributed by atoms with Crippen molar-refractivity contribution in [3.8, 4) is 0 Å². The third-order valence-electron chi connectivity index (χ3n) is 1.77. The van der Waals surface area contributed by atoms with Gasteiger partial charge in [-0.3, -0.25) is 4.99 Å². The van der Waals surface area contributed by atoms with Gasteiger partial charge in [0.25, 0.3) is 0 Å². The fraction of sp³-hybridized carbons (Fsp3) is 0.444. The van der Waals surface area contributed by atoms with Crippen molar-refractivity contribution < 1.29 is 4.42 Å². The molecule has 1 atom stereocenters. The molecule has 1 aliphatic rings. The molecule has 0 aromatic carbocycles. The zero-order chi connectivity index (χ0) is 9.26. The van der Waals surface area contributed by atoms with Crippen molar-refractivity contribution in [2.24, 2.45) is 4.99 Å². The number of rotatable bonds is 1. The van der Waals surface area contributed by atoms with E-state index in [4.69, 9.17) is 4.42 Å². The SMILES string of the molecule is CC1=NCSC(c2cc(C)co2)S1. The lowest BCUT2D eigenvalue weighted by Gasteiger charge is -2.16. The minimum Gasteiger partial charge on any atom is -0.467 e. The molecule has 1 aromatic rings. The summed E-state index contributed by atoms with van der Waals surface area (Å²) in [6.07, 6.45) is 1.80. The van der Waals surface area contributed by atoms with E-state index in [0.717, 1.165) is 16.7 Å². The van der Waals surface area contributed by atoms with Gasteiger partial charge in [0.2, 0.25) is 0 Å². The zero-order valence-electron chi connectivity index (χ0n) is 7.61. The predicted octanol–water partition coefficient (Wildman–Crippen LogP) is 3.44. The smallest absolute Gasteiger partial charge is 0.127 e. The van der Waals surface area contributed by atoms with Gasteiger partial charge in [0, 0.05) is 0 Å². The molecule has 0 N–H and O–H groups in total. The van der Waals surface area contributed by atoms with Gasteiger partial charge < -0.3 is 4.42 Å². The summed E-state index contributed by atoms with van der Waals surface area (Å²) in [4.78, 5) is 4.31. The summed E-state index contributed by atoms with van der Waals surface area (Å²) in [6.45, 7) is 4.10. The standard InChI is InChI=1S/C9H11NOS2/c1-6-3-8(11-4-6)9-12-5-10-7(2)13-9/h3-4,9H,5H2,1-2H3. The highest BCUT2D eigenvalue weighted by molar-refractivity contribution is 8.24. The maximum atomic E-state index is 5.46. The van der Waals surface area contributed by atoms with E-state index < -0.39 is 0 Å². The van der Waals surface area contributed by atoms with Gasteiger partial charge in [-0.1, -0.05) is 11.8 Å². The summed E-state index contributed by atoms with van der Waals surface area (Å²) in [5.41, 5.74) is 1.19. The summed E-state index contributed by atoms with van der Waals surface area (Å²) in [7, 11) is 0. The van der Waals surface area contributed by atoms with Gasteiger partial charge in [-0.15, -0.1) is 11.8 Å². The van der Waals surface area contributed by atoms with E-state index in [9.17, 15) is 0 Å². The molecule has 0 radical (unpaired) electrons. The van der Waals surface area contributed by atoms with Crippen molar-refractivity contribution in [1.29, 1.82) is 0 Å². The average molecular weight is 213 g/mol. The first-order chi connectivity index (χ1) is 6.25. The Morgan fingerprint density at radius 3 is 3.00 bits per heavy atom. The van der Waals surface area contributed by atoms with Gasteiger partial charge in [0.15, 0.2) is 0 Å². The lowest BCUT2D eigenvalue weighted by Crippen LogP contribution is -1.99. The van der Waals surface area contributed by atoms with Crippen molar-refractivity contribution in [1.82, 2.24) is 0 Å². The zero-order valence-corrected chi connectivity index (χ0v) is 9.24. The number of aliphatic imine (C=N–C) groups is 1. The fourth-order valence-corrected chi connectivity index (χ4v) is 3.47. The Balaban J connectivity index is 2.14. The van der Waals surface area contributed by atoms with E-state index in [1.165, 1.54) is 5.56 Å². The first-order valence-electron chi connectivity index (χ1n) is 4.10. The molecule has 0 fully saturated rings. The number of thioether (sulfide) groups is 2. The van der Waals surface area contributed by atoms with Crippen molar-refractivity contribution >= 4 is 28.6 Å². The van der Waals surface area contributed by atoms with E-state index in [0.29, 0.717) is 4.58 Å². The normalized spacial score (nSPS) is 22.9. The third-order valence-corrected chi connectivity index (χ3v) is 4.20. The summed E-state index contributed by atoms with van der Waals surface area (Å²) >= 11 is 3.59. The van der Waals surface area contributed by atoms with Crippen molar-refractivity contribution in [2.75, 3.05) is 5.88 Å². The summed E-state index contributed by atoms with van der Waals surface area (Å²) in [5.74, 6) is 1.91. The Morgan fingerprint density at radius 1 is 1.54 bits per heavy atom. The first-order valence-corrected chi connectivity index (χ1v) is 6.03. The van der Waals surface area contributed by atoms with Gasteiger partial charge in [-0.25, -0.2) is 0 Å². The topological polar surface area (TPSA) is 25.5 Å². The Bertz CT molecular complexity index is 332. The maximum absolute atomic E-state index is 5.46. The quantitative estimate of drug-likeness (QED) is 0.714. The monoisotopic (exact) mass is 213 g/mol. The van der Waals surface area contributed by atoms with E-state index in [2.05, 4.69) is 11.1 Å². The lowest BCUT2D eigenvalue weighted by atomic mass is 10.3. The Morgan fingerprint density at radius 2 is 2.38 bits per heavy atom. The number of nitrogens with zero attached hydrogens (tertiary/aromatic N) is 1. The maximum Gasteiger partial charge on any atom is 0.127 e. The van der Waals surface area contributed by atoms with Crippen molar-refractivity contribution in [3.63, 3.8) is 0 Å². The number of hydrogen-bond acceptors (Lipinski definition) is 4. The lowest BCUT2D eigenvalue weighted by molar-refractivity contribution is 0.527. The second-order valence-electron chi connectivity index (χ2n) is 2.95. The molecule has 13 heavy (non-hydrogen) atoms. The molecule has 0 amide bonds. The van der Waals surface area contributed by atoms with Crippen LogP contribution in [-0.2, 0) is 0 Å². The molecule has 0 saturated heterocycles. The summed E-state index contributed by atoms with van der Waals surface area (Å²) in [6, 6.07) is 2.10. The molecule has 1 unspecified atom stereocenters. The molecule has 2 nitrogen and oxygen atoms in total. The van der Waals surface area contributed by atoms with Crippen LogP contribution in [0.3, 0.4) is 0 Å². The largest absolute Gasteiger partial charge is 0.467 e. The Labute approximate surface area is 86.2 Å². The average Bonchev–Trinajstić information content (AvgIpc) is 2.52. The molecule has 0 aliphatic carbocycles. The van der Waals surface area contributed by atoms with Crippen LogP contribution in [0.15, 0.2) is 21.7 Å². The molecular weight excluding hydrogens is 202 g/mol. The number of aryl methyl sites for hydroxylation is 1. The van der Waals surface area contributed by atoms with Crippen LogP contribution in [0.5, 0.6) is 0 Å². The van der Waals surface area contributed by atoms with Crippen molar-refractivity contribution in [2.45, 2.75) is 18.4 Å². The molecule has 2 rings (SSSR count). The molecule has 0 spiro atoms. The minimum absolute atomic E-state index is 0.395. The van der Waals surface area contributed by atoms with Crippen LogP contribution in [0, 0.1) is 6.92 Å². The van der Waals surface area contributed by atoms with Crippen LogP contribution in [0.2, 0.25) is 0 Å². The van der Waals surface area contributed by atoms with Crippen LogP contribution in [0.1, 0.15) is 22.8 Å². The first kappa shape index (κ1) is 9.21. The molecule has 1 aromatic heterocycles. The van der Waals surface area contributed by atoms with Crippen LogP contribution < -0.4 is 0 Å². The molecule has 2 heterocycles. The molecular formula is C9H11NOS2. The second-order valence-corrected chi connectivity index (χ2v) is 5.61. The van der Waals surface area contributed by atoms with Crippen LogP contribution in [0.4, 0.5) is 0 Å². The molecule has 1 aliphatic heterocycles. The fourth-order valence-electron chi connectivity index (χ4n) is 1.14. The second kappa shape index (κ2) is 3.80. The van der Waals surface area contributed by atoms with Gasteiger partial charge in [-0.05, 0) is 25.5 Å². The van der Waals surface area contributed by atoms with Crippen LogP contribution in [-0.4, -0.2) is 10.9 Å². The number of furan rings is 1. The summed E-state index contributed by atoms with van der Waals surface area (Å²) < 4.78 is 5.85. The van der Waals surface area contributed by atoms with E-state index in [1.807, 2.05) is 25.6 Å². The minimum atomic E-state index is 0.395. The molecule has 0 saturated carbocycles. The number of hydrogen-bond donors (Lipinski definition) is 0. The Kier molecular flexibility index (Phi) is 2.69. The van der Waals surface area contributed by atoms with E-state index in [-0.39, 0.29) is 0 Å². The highest BCUT2D eigenvalue weighted by Gasteiger charge is 2.20. The molecule has 0 bridgehead atoms. The van der Waals surface area contributed by atoms with Gasteiger partial charge >= 0.3 is 0 Å².